The predicted octanol–water partition coefficient (Wildman–Crippen LogP) is 1.32. The Labute approximate surface area is 49.5 Å². The van der Waals surface area contributed by atoms with Crippen LogP contribution in [0.15, 0.2) is 0 Å². The highest BCUT2D eigenvalue weighted by molar-refractivity contribution is 5.71. The third kappa shape index (κ3) is 2.34. The molecule has 1 atom stereocenters. The van der Waals surface area contributed by atoms with E-state index in [2.05, 4.69) is 4.94 Å². The minimum atomic E-state index is -2.87. The Morgan fingerprint density at radius 3 is 2.11 bits per heavy atom. The highest BCUT2D eigenvalue weighted by Gasteiger charge is 2.25. The van der Waals surface area contributed by atoms with Gasteiger partial charge in [0.05, 0.1) is 0 Å². The van der Waals surface area contributed by atoms with Crippen molar-refractivity contribution in [2.45, 2.75) is 13.3 Å². The van der Waals surface area contributed by atoms with Gasteiger partial charge in [0.1, 0.15) is 5.92 Å². The Balaban J connectivity index is 3.72. The highest BCUT2D eigenvalue weighted by Crippen LogP contribution is 2.09. The molecule has 1 unspecified atom stereocenters. The molecule has 0 bridgehead atoms. The molecule has 0 radical (unpaired) electrons. The van der Waals surface area contributed by atoms with Gasteiger partial charge in [0.25, 0.3) is 6.43 Å². The summed E-state index contributed by atoms with van der Waals surface area (Å²) >= 11 is 0. The van der Waals surface area contributed by atoms with E-state index < -0.39 is 18.3 Å². The molecule has 0 spiro atoms. The molecule has 2 nitrogen and oxygen atoms in total. The molecule has 0 aliphatic carbocycles. The van der Waals surface area contributed by atoms with Crippen LogP contribution in [0.4, 0.5) is 13.3 Å². The fraction of sp³-hybridized carbons (Fsp3) is 0.750. The summed E-state index contributed by atoms with van der Waals surface area (Å²) in [6, 6.07) is 0. The third-order valence-corrected chi connectivity index (χ3v) is 0.826. The first kappa shape index (κ1) is 8.26. The molecule has 0 saturated carbocycles. The molecule has 0 rings (SSSR count). The Bertz CT molecular complexity index is 104. The lowest BCUT2D eigenvalue weighted by Crippen LogP contribution is -2.18. The minimum Gasteiger partial charge on any atom is -0.254 e. The zero-order chi connectivity index (χ0) is 7.44. The van der Waals surface area contributed by atoms with Crippen molar-refractivity contribution in [2.24, 2.45) is 5.92 Å². The summed E-state index contributed by atoms with van der Waals surface area (Å²) < 4.78 is 33.6. The van der Waals surface area contributed by atoms with E-state index in [0.29, 0.717) is 0 Å². The fourth-order valence-corrected chi connectivity index (χ4v) is 0.173. The first-order chi connectivity index (χ1) is 4.09. The number of carbonyl (C=O) groups is 1. The molecule has 0 heterocycles. The van der Waals surface area contributed by atoms with E-state index in [1.165, 1.54) is 0 Å². The van der Waals surface area contributed by atoms with Gasteiger partial charge in [-0.25, -0.2) is 13.6 Å². The van der Waals surface area contributed by atoms with Gasteiger partial charge < -0.3 is 0 Å². The Morgan fingerprint density at radius 2 is 2.00 bits per heavy atom. The van der Waals surface area contributed by atoms with E-state index >= 15 is 0 Å². The number of hydrogen-bond donors (Lipinski definition) is 0. The average molecular weight is 142 g/mol. The van der Waals surface area contributed by atoms with E-state index in [9.17, 15) is 18.1 Å². The SMILES string of the molecule is CC(C(=O)OF)C(F)F. The van der Waals surface area contributed by atoms with E-state index in [0.717, 1.165) is 6.92 Å². The molecule has 0 amide bonds. The quantitative estimate of drug-likeness (QED) is 0.581. The summed E-state index contributed by atoms with van der Waals surface area (Å²) in [5, 5.41) is 0. The molecule has 0 fully saturated rings. The number of rotatable bonds is 2. The van der Waals surface area contributed by atoms with E-state index in [4.69, 9.17) is 0 Å². The van der Waals surface area contributed by atoms with Crippen molar-refractivity contribution < 1.29 is 23.0 Å². The molecule has 5 heteroatoms. The van der Waals surface area contributed by atoms with Gasteiger partial charge >= 0.3 is 5.97 Å². The zero-order valence-electron chi connectivity index (χ0n) is 4.61. The highest BCUT2D eigenvalue weighted by atomic mass is 19.3. The second-order valence-corrected chi connectivity index (χ2v) is 1.52. The van der Waals surface area contributed by atoms with E-state index in [1.807, 2.05) is 0 Å². The summed E-state index contributed by atoms with van der Waals surface area (Å²) in [5.41, 5.74) is 0. The van der Waals surface area contributed by atoms with Gasteiger partial charge in [-0.1, -0.05) is 0 Å². The molecular formula is C4H5F3O2. The first-order valence-electron chi connectivity index (χ1n) is 2.20. The molecule has 9 heavy (non-hydrogen) atoms. The number of carbonyl (C=O) groups excluding carboxylic acids is 1. The van der Waals surface area contributed by atoms with Gasteiger partial charge in [-0.15, -0.1) is 0 Å². The summed E-state index contributed by atoms with van der Waals surface area (Å²) in [7, 11) is 0. The molecule has 0 aromatic carbocycles. The monoisotopic (exact) mass is 142 g/mol. The third-order valence-electron chi connectivity index (χ3n) is 0.826. The summed E-state index contributed by atoms with van der Waals surface area (Å²) in [6.07, 6.45) is -2.87. The largest absolute Gasteiger partial charge is 0.357 e. The molecular weight excluding hydrogens is 137 g/mol. The standard InChI is InChI=1S/C4H5F3O2/c1-2(3(5)6)4(8)9-7/h2-3H,1H3. The average Bonchev–Trinajstić information content (AvgIpc) is 1.84. The van der Waals surface area contributed by atoms with Crippen LogP contribution >= 0.6 is 0 Å². The van der Waals surface area contributed by atoms with E-state index in [1.54, 1.807) is 0 Å². The summed E-state index contributed by atoms with van der Waals surface area (Å²) in [4.78, 5) is 12.4. The lowest BCUT2D eigenvalue weighted by molar-refractivity contribution is -0.193. The van der Waals surface area contributed by atoms with Gasteiger partial charge in [-0.3, -0.25) is 4.94 Å². The van der Waals surface area contributed by atoms with Crippen molar-refractivity contribution in [3.8, 4) is 0 Å². The molecule has 0 aliphatic rings. The number of alkyl halides is 2. The number of hydrogen-bond acceptors (Lipinski definition) is 2. The molecule has 0 aliphatic heterocycles. The Morgan fingerprint density at radius 1 is 1.56 bits per heavy atom. The second kappa shape index (κ2) is 3.32. The van der Waals surface area contributed by atoms with Crippen LogP contribution < -0.4 is 0 Å². The molecule has 54 valence electrons. The van der Waals surface area contributed by atoms with Crippen molar-refractivity contribution >= 4 is 5.97 Å². The summed E-state index contributed by atoms with van der Waals surface area (Å²) in [6.45, 7) is 0.882. The van der Waals surface area contributed by atoms with Crippen LogP contribution in [0.5, 0.6) is 0 Å². The van der Waals surface area contributed by atoms with Crippen molar-refractivity contribution in [1.82, 2.24) is 0 Å². The van der Waals surface area contributed by atoms with Gasteiger partial charge in [0, 0.05) is 4.53 Å². The lowest BCUT2D eigenvalue weighted by Gasteiger charge is -2.02. The molecule has 0 aromatic rings. The maximum absolute atomic E-state index is 11.4. The van der Waals surface area contributed by atoms with Crippen LogP contribution in [0.1, 0.15) is 6.92 Å². The molecule has 0 saturated heterocycles. The van der Waals surface area contributed by atoms with Crippen LogP contribution in [0.3, 0.4) is 0 Å². The van der Waals surface area contributed by atoms with E-state index in [-0.39, 0.29) is 0 Å². The Kier molecular flexibility index (Phi) is 3.05. The van der Waals surface area contributed by atoms with Gasteiger partial charge in [0.15, 0.2) is 0 Å². The van der Waals surface area contributed by atoms with Crippen LogP contribution in [0, 0.1) is 5.92 Å². The van der Waals surface area contributed by atoms with Gasteiger partial charge in [0.2, 0.25) is 0 Å². The van der Waals surface area contributed by atoms with Crippen molar-refractivity contribution in [3.05, 3.63) is 0 Å². The Hall–Kier alpha value is -0.740. The normalized spacial score (nSPS) is 13.4. The first-order valence-corrected chi connectivity index (χ1v) is 2.20. The maximum Gasteiger partial charge on any atom is 0.357 e. The van der Waals surface area contributed by atoms with Crippen LogP contribution in [-0.2, 0) is 9.74 Å². The maximum atomic E-state index is 11.4. The molecule has 0 aromatic heterocycles. The van der Waals surface area contributed by atoms with Crippen molar-refractivity contribution in [1.29, 1.82) is 0 Å². The van der Waals surface area contributed by atoms with Crippen LogP contribution in [-0.4, -0.2) is 12.4 Å². The van der Waals surface area contributed by atoms with Crippen molar-refractivity contribution in [3.63, 3.8) is 0 Å². The van der Waals surface area contributed by atoms with Gasteiger partial charge in [-0.05, 0) is 6.92 Å². The summed E-state index contributed by atoms with van der Waals surface area (Å²) in [5.74, 6) is -3.22. The van der Waals surface area contributed by atoms with Crippen molar-refractivity contribution in [2.75, 3.05) is 0 Å². The second-order valence-electron chi connectivity index (χ2n) is 1.52. The van der Waals surface area contributed by atoms with Gasteiger partial charge in [-0.2, -0.15) is 0 Å². The molecule has 0 N–H and O–H groups in total. The fourth-order valence-electron chi connectivity index (χ4n) is 0.173. The minimum absolute atomic E-state index is 0.882. The lowest BCUT2D eigenvalue weighted by atomic mass is 10.2. The van der Waals surface area contributed by atoms with Crippen LogP contribution in [0.25, 0.3) is 0 Å². The predicted molar refractivity (Wildman–Crippen MR) is 22.4 cm³/mol. The zero-order valence-corrected chi connectivity index (χ0v) is 4.61. The topological polar surface area (TPSA) is 26.3 Å². The number of halogens is 3. The smallest absolute Gasteiger partial charge is 0.254 e. The van der Waals surface area contributed by atoms with Crippen LogP contribution in [0.2, 0.25) is 0 Å².